The Morgan fingerprint density at radius 1 is 1.47 bits per heavy atom. The Kier molecular flexibility index (Phi) is 4.28. The van der Waals surface area contributed by atoms with Crippen molar-refractivity contribution in [3.05, 3.63) is 53.4 Å². The number of hydrogen-bond acceptors (Lipinski definition) is 2. The van der Waals surface area contributed by atoms with Crippen molar-refractivity contribution < 1.29 is 9.18 Å². The molecule has 0 atom stereocenters. The molecule has 0 unspecified atom stereocenters. The van der Waals surface area contributed by atoms with E-state index in [1.165, 1.54) is 12.1 Å². The van der Waals surface area contributed by atoms with Crippen LogP contribution in [0.1, 0.15) is 17.1 Å². The molecule has 2 N–H and O–H groups in total. The van der Waals surface area contributed by atoms with Crippen LogP contribution in [0.5, 0.6) is 0 Å². The molecule has 5 heteroatoms. The smallest absolute Gasteiger partial charge is 0.224 e. The molecule has 19 heavy (non-hydrogen) atoms. The third-order valence-electron chi connectivity index (χ3n) is 2.73. The molecule has 0 spiro atoms. The number of aromatic amines is 1. The van der Waals surface area contributed by atoms with Gasteiger partial charge < -0.3 is 10.3 Å². The summed E-state index contributed by atoms with van der Waals surface area (Å²) in [5.41, 5.74) is 1.67. The molecule has 0 radical (unpaired) electrons. The Hall–Kier alpha value is -2.17. The van der Waals surface area contributed by atoms with Gasteiger partial charge in [-0.05, 0) is 24.6 Å². The Bertz CT molecular complexity index is 565. The molecule has 0 aliphatic heterocycles. The number of carbonyl (C=O) groups excluding carboxylic acids is 1. The van der Waals surface area contributed by atoms with E-state index in [1.807, 2.05) is 6.92 Å². The van der Waals surface area contributed by atoms with E-state index in [-0.39, 0.29) is 18.1 Å². The van der Waals surface area contributed by atoms with Crippen LogP contribution in [-0.4, -0.2) is 22.4 Å². The van der Waals surface area contributed by atoms with Gasteiger partial charge in [0.05, 0.1) is 6.42 Å². The van der Waals surface area contributed by atoms with Crippen LogP contribution in [-0.2, 0) is 17.6 Å². The molecule has 2 rings (SSSR count). The number of amides is 1. The molecular formula is C14H16FN3O. The molecule has 0 aliphatic rings. The third kappa shape index (κ3) is 4.21. The van der Waals surface area contributed by atoms with Crippen LogP contribution >= 0.6 is 0 Å². The minimum atomic E-state index is -0.321. The molecule has 0 saturated carbocycles. The summed E-state index contributed by atoms with van der Waals surface area (Å²) in [7, 11) is 0. The maximum atomic E-state index is 13.0. The van der Waals surface area contributed by atoms with Crippen LogP contribution in [0.15, 0.2) is 30.5 Å². The fourth-order valence-electron chi connectivity index (χ4n) is 1.83. The summed E-state index contributed by atoms with van der Waals surface area (Å²) in [5.74, 6) is 0.432. The van der Waals surface area contributed by atoms with Crippen LogP contribution in [0, 0.1) is 12.7 Å². The molecule has 0 saturated heterocycles. The highest BCUT2D eigenvalue weighted by molar-refractivity contribution is 5.78. The van der Waals surface area contributed by atoms with E-state index in [1.54, 1.807) is 18.3 Å². The Morgan fingerprint density at radius 2 is 2.32 bits per heavy atom. The zero-order chi connectivity index (χ0) is 13.7. The maximum absolute atomic E-state index is 13.0. The number of aromatic nitrogens is 2. The predicted octanol–water partition coefficient (Wildman–Crippen LogP) is 1.76. The largest absolute Gasteiger partial charge is 0.355 e. The van der Waals surface area contributed by atoms with Gasteiger partial charge >= 0.3 is 0 Å². The van der Waals surface area contributed by atoms with E-state index in [4.69, 9.17) is 0 Å². The van der Waals surface area contributed by atoms with E-state index in [2.05, 4.69) is 15.3 Å². The second-order valence-corrected chi connectivity index (χ2v) is 4.40. The van der Waals surface area contributed by atoms with Crippen molar-refractivity contribution in [2.24, 2.45) is 0 Å². The summed E-state index contributed by atoms with van der Waals surface area (Å²) in [6.45, 7) is 2.42. The molecule has 1 aromatic heterocycles. The maximum Gasteiger partial charge on any atom is 0.224 e. The highest BCUT2D eigenvalue weighted by Gasteiger charge is 2.04. The minimum Gasteiger partial charge on any atom is -0.355 e. The Morgan fingerprint density at radius 3 is 3.00 bits per heavy atom. The third-order valence-corrected chi connectivity index (χ3v) is 2.73. The quantitative estimate of drug-likeness (QED) is 0.861. The van der Waals surface area contributed by atoms with Gasteiger partial charge in [-0.25, -0.2) is 9.37 Å². The van der Waals surface area contributed by atoms with Crippen LogP contribution in [0.25, 0.3) is 0 Å². The van der Waals surface area contributed by atoms with Gasteiger partial charge in [0.2, 0.25) is 5.91 Å². The summed E-state index contributed by atoms with van der Waals surface area (Å²) in [5, 5.41) is 2.80. The number of benzene rings is 1. The molecule has 0 aliphatic carbocycles. The average molecular weight is 261 g/mol. The van der Waals surface area contributed by atoms with E-state index >= 15 is 0 Å². The van der Waals surface area contributed by atoms with Crippen molar-refractivity contribution in [1.29, 1.82) is 0 Å². The van der Waals surface area contributed by atoms with Gasteiger partial charge in [0.15, 0.2) is 0 Å². The van der Waals surface area contributed by atoms with Crippen molar-refractivity contribution in [1.82, 2.24) is 15.3 Å². The average Bonchev–Trinajstić information content (AvgIpc) is 2.75. The second kappa shape index (κ2) is 6.13. The number of nitrogens with one attached hydrogen (secondary N) is 2. The van der Waals surface area contributed by atoms with Crippen LogP contribution in [0.3, 0.4) is 0 Å². The van der Waals surface area contributed by atoms with Gasteiger partial charge in [0.25, 0.3) is 0 Å². The first-order valence-corrected chi connectivity index (χ1v) is 6.15. The van der Waals surface area contributed by atoms with E-state index in [0.717, 1.165) is 11.5 Å². The Labute approximate surface area is 111 Å². The van der Waals surface area contributed by atoms with Crippen molar-refractivity contribution in [3.63, 3.8) is 0 Å². The lowest BCUT2D eigenvalue weighted by Gasteiger charge is -2.04. The SMILES string of the molecule is Cc1ncc(CCNC(=O)Cc2cccc(F)c2)[nH]1. The van der Waals surface area contributed by atoms with Crippen molar-refractivity contribution in [2.75, 3.05) is 6.54 Å². The number of H-pyrrole nitrogens is 1. The highest BCUT2D eigenvalue weighted by Crippen LogP contribution is 2.04. The van der Waals surface area contributed by atoms with Crippen molar-refractivity contribution in [3.8, 4) is 0 Å². The molecule has 1 aromatic carbocycles. The first kappa shape index (κ1) is 13.3. The molecule has 0 fully saturated rings. The summed E-state index contributed by atoms with van der Waals surface area (Å²) in [4.78, 5) is 18.8. The molecule has 0 bridgehead atoms. The summed E-state index contributed by atoms with van der Waals surface area (Å²) in [6.07, 6.45) is 2.66. The lowest BCUT2D eigenvalue weighted by atomic mass is 10.1. The molecule has 4 nitrogen and oxygen atoms in total. The van der Waals surface area contributed by atoms with Gasteiger partial charge in [-0.1, -0.05) is 12.1 Å². The van der Waals surface area contributed by atoms with Gasteiger partial charge in [-0.15, -0.1) is 0 Å². The molecule has 100 valence electrons. The molecule has 2 aromatic rings. The van der Waals surface area contributed by atoms with Gasteiger partial charge in [-0.2, -0.15) is 0 Å². The fraction of sp³-hybridized carbons (Fsp3) is 0.286. The molecule has 1 heterocycles. The lowest BCUT2D eigenvalue weighted by Crippen LogP contribution is -2.27. The van der Waals surface area contributed by atoms with Crippen LogP contribution < -0.4 is 5.32 Å². The highest BCUT2D eigenvalue weighted by atomic mass is 19.1. The van der Waals surface area contributed by atoms with E-state index in [0.29, 0.717) is 18.5 Å². The zero-order valence-corrected chi connectivity index (χ0v) is 10.7. The normalized spacial score (nSPS) is 10.4. The van der Waals surface area contributed by atoms with Gasteiger partial charge in [0, 0.05) is 24.9 Å². The standard InChI is InChI=1S/C14H16FN3O/c1-10-17-9-13(18-10)5-6-16-14(19)8-11-3-2-4-12(15)7-11/h2-4,7,9H,5-6,8H2,1H3,(H,16,19)(H,17,18). The molecule has 1 amide bonds. The van der Waals surface area contributed by atoms with Gasteiger partial charge in [-0.3, -0.25) is 4.79 Å². The number of nitrogens with zero attached hydrogens (tertiary/aromatic N) is 1. The number of carbonyl (C=O) groups is 1. The Balaban J connectivity index is 1.76. The first-order valence-electron chi connectivity index (χ1n) is 6.15. The van der Waals surface area contributed by atoms with Gasteiger partial charge in [0.1, 0.15) is 11.6 Å². The van der Waals surface area contributed by atoms with Crippen LogP contribution in [0.2, 0.25) is 0 Å². The van der Waals surface area contributed by atoms with Crippen molar-refractivity contribution in [2.45, 2.75) is 19.8 Å². The predicted molar refractivity (Wildman–Crippen MR) is 70.1 cm³/mol. The summed E-state index contributed by atoms with van der Waals surface area (Å²) < 4.78 is 13.0. The molecular weight excluding hydrogens is 245 g/mol. The number of halogens is 1. The first-order chi connectivity index (χ1) is 9.13. The monoisotopic (exact) mass is 261 g/mol. The van der Waals surface area contributed by atoms with E-state index in [9.17, 15) is 9.18 Å². The minimum absolute atomic E-state index is 0.109. The number of hydrogen-bond donors (Lipinski definition) is 2. The van der Waals surface area contributed by atoms with Crippen molar-refractivity contribution >= 4 is 5.91 Å². The van der Waals surface area contributed by atoms with E-state index < -0.39 is 0 Å². The zero-order valence-electron chi connectivity index (χ0n) is 10.7. The number of rotatable bonds is 5. The fourth-order valence-corrected chi connectivity index (χ4v) is 1.83. The summed E-state index contributed by atoms with van der Waals surface area (Å²) in [6, 6.07) is 6.08. The second-order valence-electron chi connectivity index (χ2n) is 4.40. The lowest BCUT2D eigenvalue weighted by molar-refractivity contribution is -0.120. The number of aryl methyl sites for hydroxylation is 1. The summed E-state index contributed by atoms with van der Waals surface area (Å²) >= 11 is 0. The topological polar surface area (TPSA) is 57.8 Å². The number of imidazole rings is 1. The van der Waals surface area contributed by atoms with Crippen LogP contribution in [0.4, 0.5) is 4.39 Å².